The van der Waals surface area contributed by atoms with Crippen LogP contribution in [0.3, 0.4) is 0 Å². The van der Waals surface area contributed by atoms with Crippen LogP contribution in [0.15, 0.2) is 30.3 Å². The van der Waals surface area contributed by atoms with Gasteiger partial charge in [-0.05, 0) is 67.9 Å². The van der Waals surface area contributed by atoms with E-state index in [-0.39, 0.29) is 42.1 Å². The highest BCUT2D eigenvalue weighted by molar-refractivity contribution is 5.97. The molecule has 0 bridgehead atoms. The van der Waals surface area contributed by atoms with Gasteiger partial charge in [-0.25, -0.2) is 9.59 Å². The van der Waals surface area contributed by atoms with Crippen molar-refractivity contribution >= 4 is 11.9 Å². The van der Waals surface area contributed by atoms with E-state index in [1.165, 1.54) is 0 Å². The Morgan fingerprint density at radius 3 is 1.97 bits per heavy atom. The summed E-state index contributed by atoms with van der Waals surface area (Å²) in [5.41, 5.74) is -0.717. The molecule has 1 N–H and O–H groups in total. The highest BCUT2D eigenvalue weighted by atomic mass is 19.3. The Morgan fingerprint density at radius 1 is 0.806 bits per heavy atom. The third-order valence-corrected chi connectivity index (χ3v) is 5.44. The van der Waals surface area contributed by atoms with Crippen LogP contribution in [0.5, 0.6) is 28.7 Å². The summed E-state index contributed by atoms with van der Waals surface area (Å²) in [7, 11) is 0. The Balaban J connectivity index is 1.65. The molecule has 36 heavy (non-hydrogen) atoms. The van der Waals surface area contributed by atoms with E-state index in [1.807, 2.05) is 0 Å². The molecule has 4 rings (SSSR count). The lowest BCUT2D eigenvalue weighted by atomic mass is 10.1. The number of ether oxygens (including phenoxy) is 5. The van der Waals surface area contributed by atoms with Gasteiger partial charge in [-0.15, -0.1) is 0 Å². The van der Waals surface area contributed by atoms with Crippen LogP contribution in [0.4, 0.5) is 17.6 Å². The molecule has 194 valence electrons. The fourth-order valence-electron chi connectivity index (χ4n) is 3.21. The van der Waals surface area contributed by atoms with Crippen molar-refractivity contribution in [3.8, 4) is 28.7 Å². The average molecular weight is 514 g/mol. The lowest BCUT2D eigenvalue weighted by molar-refractivity contribution is -0.0522. The quantitative estimate of drug-likeness (QED) is 0.216. The maximum atomic E-state index is 13.0. The number of alkyl halides is 4. The zero-order valence-corrected chi connectivity index (χ0v) is 18.8. The summed E-state index contributed by atoms with van der Waals surface area (Å²) in [4.78, 5) is 24.7. The van der Waals surface area contributed by atoms with Gasteiger partial charge in [-0.1, -0.05) is 0 Å². The van der Waals surface area contributed by atoms with Gasteiger partial charge in [0, 0.05) is 0 Å². The SMILES string of the molecule is O=C(Oc1c(C(=O)O)ccc(OC(F)F)c1OCC1CC1)c1ccc(OC(F)F)c(OCC2CC2)c1. The number of carbonyl (C=O) groups excluding carboxylic acids is 1. The second-order valence-electron chi connectivity index (χ2n) is 8.39. The molecule has 2 saturated carbocycles. The van der Waals surface area contributed by atoms with E-state index >= 15 is 0 Å². The minimum Gasteiger partial charge on any atom is -0.489 e. The van der Waals surface area contributed by atoms with Crippen molar-refractivity contribution in [1.82, 2.24) is 0 Å². The van der Waals surface area contributed by atoms with Crippen LogP contribution in [0.1, 0.15) is 46.4 Å². The standard InChI is InChI=1S/C24H22F4O8/c25-23(26)34-16-7-5-14(9-18(16)32-10-12-1-2-12)22(31)36-19-15(21(29)30)6-8-17(35-24(27)28)20(19)33-11-13-3-4-13/h5-9,12-13,23-24H,1-4,10-11H2,(H,29,30). The normalized spacial score (nSPS) is 15.1. The summed E-state index contributed by atoms with van der Waals surface area (Å²) in [6, 6.07) is 5.25. The maximum Gasteiger partial charge on any atom is 0.387 e. The third kappa shape index (κ3) is 6.70. The van der Waals surface area contributed by atoms with E-state index in [1.54, 1.807) is 0 Å². The number of carbonyl (C=O) groups is 2. The van der Waals surface area contributed by atoms with Crippen LogP contribution in [-0.2, 0) is 0 Å². The molecule has 0 amide bonds. The first kappa shape index (κ1) is 25.4. The predicted molar refractivity (Wildman–Crippen MR) is 115 cm³/mol. The Labute approximate surface area is 202 Å². The predicted octanol–water partition coefficient (Wildman–Crippen LogP) is 5.38. The smallest absolute Gasteiger partial charge is 0.387 e. The number of aromatic carboxylic acids is 1. The van der Waals surface area contributed by atoms with E-state index in [4.69, 9.17) is 14.2 Å². The topological polar surface area (TPSA) is 101 Å². The van der Waals surface area contributed by atoms with Gasteiger partial charge >= 0.3 is 25.2 Å². The van der Waals surface area contributed by atoms with Gasteiger partial charge < -0.3 is 28.8 Å². The molecule has 0 unspecified atom stereocenters. The summed E-state index contributed by atoms with van der Waals surface area (Å²) in [5.74, 6) is -4.22. The molecule has 0 heterocycles. The molecule has 0 atom stereocenters. The van der Waals surface area contributed by atoms with Crippen LogP contribution < -0.4 is 23.7 Å². The molecule has 2 aliphatic carbocycles. The van der Waals surface area contributed by atoms with Crippen LogP contribution in [0.25, 0.3) is 0 Å². The van der Waals surface area contributed by atoms with Gasteiger partial charge in [0.2, 0.25) is 5.75 Å². The van der Waals surface area contributed by atoms with Crippen molar-refractivity contribution in [2.75, 3.05) is 13.2 Å². The van der Waals surface area contributed by atoms with E-state index < -0.39 is 48.0 Å². The van der Waals surface area contributed by atoms with Crippen LogP contribution in [0.2, 0.25) is 0 Å². The van der Waals surface area contributed by atoms with Crippen molar-refractivity contribution in [3.63, 3.8) is 0 Å². The molecule has 0 aromatic heterocycles. The van der Waals surface area contributed by atoms with Crippen molar-refractivity contribution in [1.29, 1.82) is 0 Å². The number of carboxylic acid groups (broad SMARTS) is 1. The van der Waals surface area contributed by atoms with E-state index in [0.717, 1.165) is 56.0 Å². The molecule has 0 spiro atoms. The van der Waals surface area contributed by atoms with Crippen LogP contribution in [0, 0.1) is 11.8 Å². The van der Waals surface area contributed by atoms with Crippen LogP contribution in [-0.4, -0.2) is 43.5 Å². The first-order chi connectivity index (χ1) is 17.2. The van der Waals surface area contributed by atoms with Gasteiger partial charge in [0.25, 0.3) is 0 Å². The lowest BCUT2D eigenvalue weighted by Gasteiger charge is -2.18. The number of halogens is 4. The minimum atomic E-state index is -3.25. The first-order valence-electron chi connectivity index (χ1n) is 11.1. The molecule has 12 heteroatoms. The summed E-state index contributed by atoms with van der Waals surface area (Å²) >= 11 is 0. The fraction of sp³-hybridized carbons (Fsp3) is 0.417. The molecular weight excluding hydrogens is 492 g/mol. The van der Waals surface area contributed by atoms with E-state index in [9.17, 15) is 32.3 Å². The Hall–Kier alpha value is -3.70. The molecule has 8 nitrogen and oxygen atoms in total. The number of carboxylic acids is 1. The molecule has 0 saturated heterocycles. The molecule has 2 aromatic carbocycles. The second-order valence-corrected chi connectivity index (χ2v) is 8.39. The zero-order chi connectivity index (χ0) is 25.8. The Morgan fingerprint density at radius 2 is 1.39 bits per heavy atom. The molecule has 0 radical (unpaired) electrons. The van der Waals surface area contributed by atoms with Crippen molar-refractivity contribution in [2.45, 2.75) is 38.9 Å². The Bertz CT molecular complexity index is 1120. The fourth-order valence-corrected chi connectivity index (χ4v) is 3.21. The molecule has 2 fully saturated rings. The number of rotatable bonds is 13. The monoisotopic (exact) mass is 514 g/mol. The minimum absolute atomic E-state index is 0.0754. The van der Waals surface area contributed by atoms with Gasteiger partial charge in [0.05, 0.1) is 18.8 Å². The summed E-state index contributed by atoms with van der Waals surface area (Å²) < 4.78 is 76.7. The van der Waals surface area contributed by atoms with Gasteiger partial charge in [0.1, 0.15) is 5.56 Å². The van der Waals surface area contributed by atoms with Crippen molar-refractivity contribution < 1.29 is 55.9 Å². The Kier molecular flexibility index (Phi) is 7.70. The van der Waals surface area contributed by atoms with Gasteiger partial charge in [0.15, 0.2) is 23.0 Å². The molecule has 2 aromatic rings. The lowest BCUT2D eigenvalue weighted by Crippen LogP contribution is -2.15. The number of hydrogen-bond acceptors (Lipinski definition) is 7. The highest BCUT2D eigenvalue weighted by Crippen LogP contribution is 2.43. The van der Waals surface area contributed by atoms with Crippen LogP contribution >= 0.6 is 0 Å². The summed E-state index contributed by atoms with van der Waals surface area (Å²) in [6.45, 7) is -6.08. The first-order valence-corrected chi connectivity index (χ1v) is 11.1. The molecule has 2 aliphatic rings. The van der Waals surface area contributed by atoms with Gasteiger partial charge in [-0.3, -0.25) is 0 Å². The number of hydrogen-bond donors (Lipinski definition) is 1. The van der Waals surface area contributed by atoms with Crippen molar-refractivity contribution in [3.05, 3.63) is 41.5 Å². The highest BCUT2D eigenvalue weighted by Gasteiger charge is 2.29. The average Bonchev–Trinajstić information content (AvgIpc) is 3.72. The maximum absolute atomic E-state index is 13.0. The molecular formula is C24H22F4O8. The second kappa shape index (κ2) is 10.9. The number of benzene rings is 2. The summed E-state index contributed by atoms with van der Waals surface area (Å²) in [5, 5.41) is 9.58. The third-order valence-electron chi connectivity index (χ3n) is 5.44. The van der Waals surface area contributed by atoms with Gasteiger partial charge in [-0.2, -0.15) is 17.6 Å². The zero-order valence-electron chi connectivity index (χ0n) is 18.8. The van der Waals surface area contributed by atoms with E-state index in [0.29, 0.717) is 0 Å². The largest absolute Gasteiger partial charge is 0.489 e. The van der Waals surface area contributed by atoms with Crippen molar-refractivity contribution in [2.24, 2.45) is 11.8 Å². The summed E-state index contributed by atoms with van der Waals surface area (Å²) in [6.07, 6.45) is 3.53. The molecule has 0 aliphatic heterocycles. The number of esters is 1. The van der Waals surface area contributed by atoms with E-state index in [2.05, 4.69) is 9.47 Å².